The van der Waals surface area contributed by atoms with E-state index in [0.29, 0.717) is 17.0 Å². The minimum Gasteiger partial charge on any atom is -0.465 e. The molecular weight excluding hydrogens is 394 g/mol. The zero-order valence-electron chi connectivity index (χ0n) is 16.8. The number of rotatable bonds is 4. The van der Waals surface area contributed by atoms with Crippen LogP contribution in [0, 0.1) is 6.92 Å². The number of benzene rings is 3. The molecule has 0 saturated carbocycles. The topological polar surface area (TPSA) is 46.6 Å². The van der Waals surface area contributed by atoms with Gasteiger partial charge in [-0.05, 0) is 48.4 Å². The van der Waals surface area contributed by atoms with Gasteiger partial charge in [-0.1, -0.05) is 65.9 Å². The lowest BCUT2D eigenvalue weighted by Gasteiger charge is -2.30. The summed E-state index contributed by atoms with van der Waals surface area (Å²) in [6, 6.07) is 23.2. The van der Waals surface area contributed by atoms with Crippen LogP contribution < -0.4 is 4.90 Å². The van der Waals surface area contributed by atoms with Gasteiger partial charge in [0.15, 0.2) is 0 Å². The fourth-order valence-corrected chi connectivity index (χ4v) is 4.46. The quantitative estimate of drug-likeness (QED) is 0.419. The van der Waals surface area contributed by atoms with Crippen LogP contribution in [0.15, 0.2) is 82.6 Å². The standard InChI is InChI=1S/C25H21NO3S/c1-17-6-5-7-19(14-17)16-26-21-8-3-4-9-22(21)30-23(24(26)27)15-18-10-12-20(13-11-18)25(28)29-2/h3-15H,16H2,1-2H3. The number of esters is 1. The summed E-state index contributed by atoms with van der Waals surface area (Å²) in [5, 5.41) is 0. The maximum Gasteiger partial charge on any atom is 0.337 e. The van der Waals surface area contributed by atoms with Crippen LogP contribution >= 0.6 is 11.8 Å². The Bertz CT molecular complexity index is 1140. The zero-order valence-corrected chi connectivity index (χ0v) is 17.6. The number of fused-ring (bicyclic) bond motifs is 1. The first-order chi connectivity index (χ1) is 14.5. The van der Waals surface area contributed by atoms with E-state index in [2.05, 4.69) is 19.1 Å². The highest BCUT2D eigenvalue weighted by Gasteiger charge is 2.29. The number of hydrogen-bond acceptors (Lipinski definition) is 4. The number of anilines is 1. The van der Waals surface area contributed by atoms with Crippen LogP contribution in [-0.4, -0.2) is 19.0 Å². The molecular formula is C25H21NO3S. The fraction of sp³-hybridized carbons (Fsp3) is 0.120. The van der Waals surface area contributed by atoms with Crippen molar-refractivity contribution in [3.8, 4) is 0 Å². The molecule has 3 aromatic carbocycles. The Morgan fingerprint density at radius 1 is 1.03 bits per heavy atom. The van der Waals surface area contributed by atoms with Crippen LogP contribution in [0.1, 0.15) is 27.0 Å². The Morgan fingerprint density at radius 3 is 2.53 bits per heavy atom. The molecule has 0 atom stereocenters. The predicted octanol–water partition coefficient (Wildman–Crippen LogP) is 5.46. The van der Waals surface area contributed by atoms with Crippen LogP contribution in [0.5, 0.6) is 0 Å². The van der Waals surface area contributed by atoms with Crippen molar-refractivity contribution in [1.29, 1.82) is 0 Å². The summed E-state index contributed by atoms with van der Waals surface area (Å²) in [6.45, 7) is 2.56. The molecule has 1 heterocycles. The highest BCUT2D eigenvalue weighted by molar-refractivity contribution is 8.04. The third kappa shape index (κ3) is 4.16. The highest BCUT2D eigenvalue weighted by atomic mass is 32.2. The maximum absolute atomic E-state index is 13.4. The summed E-state index contributed by atoms with van der Waals surface area (Å²) in [4.78, 5) is 28.5. The van der Waals surface area contributed by atoms with E-state index in [0.717, 1.165) is 21.7 Å². The molecule has 0 saturated heterocycles. The molecule has 4 rings (SSSR count). The van der Waals surface area contributed by atoms with Gasteiger partial charge >= 0.3 is 5.97 Å². The van der Waals surface area contributed by atoms with Crippen molar-refractivity contribution in [2.24, 2.45) is 0 Å². The van der Waals surface area contributed by atoms with E-state index in [1.807, 2.05) is 59.5 Å². The predicted molar refractivity (Wildman–Crippen MR) is 120 cm³/mol. The smallest absolute Gasteiger partial charge is 0.337 e. The zero-order chi connectivity index (χ0) is 21.1. The van der Waals surface area contributed by atoms with Crippen molar-refractivity contribution in [3.63, 3.8) is 0 Å². The van der Waals surface area contributed by atoms with Crippen molar-refractivity contribution in [2.75, 3.05) is 12.0 Å². The average Bonchev–Trinajstić information content (AvgIpc) is 2.76. The Balaban J connectivity index is 1.68. The van der Waals surface area contributed by atoms with Gasteiger partial charge in [-0.25, -0.2) is 4.79 Å². The van der Waals surface area contributed by atoms with Crippen LogP contribution in [0.3, 0.4) is 0 Å². The summed E-state index contributed by atoms with van der Waals surface area (Å²) >= 11 is 1.47. The lowest BCUT2D eigenvalue weighted by Crippen LogP contribution is -2.33. The Labute approximate surface area is 180 Å². The molecule has 4 nitrogen and oxygen atoms in total. The normalized spacial score (nSPS) is 14.5. The summed E-state index contributed by atoms with van der Waals surface area (Å²) in [5.41, 5.74) is 4.52. The van der Waals surface area contributed by atoms with E-state index in [-0.39, 0.29) is 11.9 Å². The summed E-state index contributed by atoms with van der Waals surface area (Å²) in [6.07, 6.45) is 1.87. The molecule has 0 radical (unpaired) electrons. The van der Waals surface area contributed by atoms with Gasteiger partial charge < -0.3 is 9.64 Å². The van der Waals surface area contributed by atoms with Gasteiger partial charge in [-0.3, -0.25) is 4.79 Å². The number of nitrogens with zero attached hydrogens (tertiary/aromatic N) is 1. The van der Waals surface area contributed by atoms with Gasteiger partial charge in [0.2, 0.25) is 0 Å². The molecule has 0 fully saturated rings. The van der Waals surface area contributed by atoms with Gasteiger partial charge in [-0.15, -0.1) is 0 Å². The molecule has 1 amide bonds. The number of amides is 1. The van der Waals surface area contributed by atoms with Crippen molar-refractivity contribution in [3.05, 3.63) is 100.0 Å². The monoisotopic (exact) mass is 415 g/mol. The molecule has 0 spiro atoms. The second-order valence-electron chi connectivity index (χ2n) is 7.07. The van der Waals surface area contributed by atoms with E-state index < -0.39 is 0 Å². The summed E-state index contributed by atoms with van der Waals surface area (Å²) in [5.74, 6) is -0.409. The Kier molecular flexibility index (Phi) is 5.72. The number of carbonyl (C=O) groups excluding carboxylic acids is 2. The molecule has 150 valence electrons. The average molecular weight is 416 g/mol. The lowest BCUT2D eigenvalue weighted by molar-refractivity contribution is -0.114. The summed E-state index contributed by atoms with van der Waals surface area (Å²) < 4.78 is 4.74. The second kappa shape index (κ2) is 8.59. The highest BCUT2D eigenvalue weighted by Crippen LogP contribution is 2.42. The molecule has 3 aromatic rings. The number of hydrogen-bond donors (Lipinski definition) is 0. The molecule has 30 heavy (non-hydrogen) atoms. The molecule has 0 N–H and O–H groups in total. The first-order valence-electron chi connectivity index (χ1n) is 9.59. The molecule has 0 bridgehead atoms. The van der Waals surface area contributed by atoms with Gasteiger partial charge in [0.25, 0.3) is 5.91 Å². The Hall–Kier alpha value is -3.31. The van der Waals surface area contributed by atoms with Crippen molar-refractivity contribution >= 4 is 35.4 Å². The largest absolute Gasteiger partial charge is 0.465 e. The maximum atomic E-state index is 13.4. The molecule has 1 aliphatic rings. The molecule has 0 aliphatic carbocycles. The summed E-state index contributed by atoms with van der Waals surface area (Å²) in [7, 11) is 1.36. The number of ether oxygens (including phenoxy) is 1. The number of methoxy groups -OCH3 is 1. The van der Waals surface area contributed by atoms with Gasteiger partial charge in [-0.2, -0.15) is 0 Å². The minimum absolute atomic E-state index is 0.0303. The fourth-order valence-electron chi connectivity index (χ4n) is 3.40. The molecule has 5 heteroatoms. The van der Waals surface area contributed by atoms with Gasteiger partial charge in [0.05, 0.1) is 29.8 Å². The SMILES string of the molecule is COC(=O)c1ccc(C=C2Sc3ccccc3N(Cc3cccc(C)c3)C2=O)cc1. The third-order valence-electron chi connectivity index (χ3n) is 4.88. The van der Waals surface area contributed by atoms with Crippen LogP contribution in [0.4, 0.5) is 5.69 Å². The number of para-hydroxylation sites is 1. The van der Waals surface area contributed by atoms with E-state index in [1.54, 1.807) is 12.1 Å². The van der Waals surface area contributed by atoms with Crippen molar-refractivity contribution in [2.45, 2.75) is 18.4 Å². The minimum atomic E-state index is -0.379. The van der Waals surface area contributed by atoms with E-state index in [4.69, 9.17) is 4.74 Å². The van der Waals surface area contributed by atoms with Gasteiger partial charge in [0, 0.05) is 4.90 Å². The molecule has 0 unspecified atom stereocenters. The second-order valence-corrected chi connectivity index (χ2v) is 8.16. The number of thioether (sulfide) groups is 1. The van der Waals surface area contributed by atoms with Crippen molar-refractivity contribution in [1.82, 2.24) is 0 Å². The Morgan fingerprint density at radius 2 is 1.80 bits per heavy atom. The number of aryl methyl sites for hydroxylation is 1. The van der Waals surface area contributed by atoms with Gasteiger partial charge in [0.1, 0.15) is 0 Å². The van der Waals surface area contributed by atoms with Crippen LogP contribution in [0.2, 0.25) is 0 Å². The molecule has 0 aromatic heterocycles. The third-order valence-corrected chi connectivity index (χ3v) is 5.96. The first-order valence-corrected chi connectivity index (χ1v) is 10.4. The van der Waals surface area contributed by atoms with Crippen molar-refractivity contribution < 1.29 is 14.3 Å². The lowest BCUT2D eigenvalue weighted by atomic mass is 10.1. The first kappa shape index (κ1) is 20.0. The van der Waals surface area contributed by atoms with E-state index in [9.17, 15) is 9.59 Å². The number of carbonyl (C=O) groups is 2. The van der Waals surface area contributed by atoms with Crippen LogP contribution in [0.25, 0.3) is 6.08 Å². The molecule has 1 aliphatic heterocycles. The van der Waals surface area contributed by atoms with E-state index in [1.165, 1.54) is 24.4 Å². The van der Waals surface area contributed by atoms with Crippen LogP contribution in [-0.2, 0) is 16.1 Å². The van der Waals surface area contributed by atoms with E-state index >= 15 is 0 Å².